The minimum Gasteiger partial charge on any atom is -0.391 e. The van der Waals surface area contributed by atoms with Gasteiger partial charge < -0.3 is 5.11 Å². The van der Waals surface area contributed by atoms with Crippen molar-refractivity contribution in [2.45, 2.75) is 70.9 Å². The van der Waals surface area contributed by atoms with Crippen molar-refractivity contribution in [3.63, 3.8) is 0 Å². The maximum atomic E-state index is 11.5. The van der Waals surface area contributed by atoms with Gasteiger partial charge in [-0.25, -0.2) is 8.42 Å². The van der Waals surface area contributed by atoms with Crippen LogP contribution in [0, 0.1) is 0 Å². The topological polar surface area (TPSA) is 57.6 Å². The summed E-state index contributed by atoms with van der Waals surface area (Å²) in [5.41, 5.74) is -0.212. The fraction of sp³-hybridized carbons (Fsp3) is 1.00. The first-order chi connectivity index (χ1) is 9.35. The predicted octanol–water partition coefficient (Wildman–Crippen LogP) is 2.22. The Morgan fingerprint density at radius 2 is 1.80 bits per heavy atom. The third kappa shape index (κ3) is 4.71. The zero-order valence-corrected chi connectivity index (χ0v) is 14.1. The predicted molar refractivity (Wildman–Crippen MR) is 83.7 cm³/mol. The number of likely N-dealkylation sites (tertiary alicyclic amines) is 1. The first kappa shape index (κ1) is 17.9. The molecule has 1 saturated heterocycles. The molecule has 1 aliphatic heterocycles. The van der Waals surface area contributed by atoms with Crippen molar-refractivity contribution in [2.24, 2.45) is 0 Å². The average molecular weight is 305 g/mol. The maximum Gasteiger partial charge on any atom is 0.150 e. The molecular formula is C15H31NO3S. The van der Waals surface area contributed by atoms with E-state index in [4.69, 9.17) is 0 Å². The van der Waals surface area contributed by atoms with E-state index in [1.807, 2.05) is 0 Å². The molecule has 0 aromatic carbocycles. The van der Waals surface area contributed by atoms with Gasteiger partial charge in [-0.3, -0.25) is 4.90 Å². The number of sulfone groups is 1. The minimum absolute atomic E-state index is 0.195. The van der Waals surface area contributed by atoms with Crippen LogP contribution in [0.2, 0.25) is 0 Å². The molecule has 0 saturated carbocycles. The van der Waals surface area contributed by atoms with Crippen LogP contribution in [-0.2, 0) is 9.84 Å². The van der Waals surface area contributed by atoms with Gasteiger partial charge in [-0.1, -0.05) is 20.3 Å². The van der Waals surface area contributed by atoms with Crippen LogP contribution in [0.15, 0.2) is 0 Å². The van der Waals surface area contributed by atoms with Gasteiger partial charge >= 0.3 is 0 Å². The Labute approximate surface area is 124 Å². The smallest absolute Gasteiger partial charge is 0.150 e. The summed E-state index contributed by atoms with van der Waals surface area (Å²) in [5, 5.41) is 10.6. The van der Waals surface area contributed by atoms with Crippen molar-refractivity contribution in [1.29, 1.82) is 0 Å². The zero-order chi connectivity index (χ0) is 15.2. The summed E-state index contributed by atoms with van der Waals surface area (Å²) < 4.78 is 23.0. The van der Waals surface area contributed by atoms with Crippen molar-refractivity contribution in [1.82, 2.24) is 4.90 Å². The third-order valence-electron chi connectivity index (χ3n) is 4.88. The van der Waals surface area contributed by atoms with Gasteiger partial charge in [0.25, 0.3) is 0 Å². The molecule has 0 bridgehead atoms. The standard InChI is InChI=1S/C15H31NO3S/c1-4-15(3,16-11-7-6-8-12-16)14(17)10-9-13-20(18,19)5-2/h14,17H,4-13H2,1-3H3. The fourth-order valence-electron chi connectivity index (χ4n) is 3.03. The van der Waals surface area contributed by atoms with Gasteiger partial charge in [-0.15, -0.1) is 0 Å². The van der Waals surface area contributed by atoms with Crippen LogP contribution in [0.5, 0.6) is 0 Å². The van der Waals surface area contributed by atoms with Gasteiger partial charge in [0.2, 0.25) is 0 Å². The molecule has 0 aromatic heterocycles. The first-order valence-electron chi connectivity index (χ1n) is 7.99. The Kier molecular flexibility index (Phi) is 6.95. The number of piperidine rings is 1. The Balaban J connectivity index is 2.55. The Morgan fingerprint density at radius 3 is 2.30 bits per heavy atom. The highest BCUT2D eigenvalue weighted by Crippen LogP contribution is 2.29. The molecule has 4 nitrogen and oxygen atoms in total. The van der Waals surface area contributed by atoms with E-state index in [1.54, 1.807) is 6.92 Å². The molecule has 2 unspecified atom stereocenters. The summed E-state index contributed by atoms with van der Waals surface area (Å²) in [7, 11) is -2.92. The lowest BCUT2D eigenvalue weighted by molar-refractivity contribution is -0.0371. The van der Waals surface area contributed by atoms with E-state index < -0.39 is 15.9 Å². The second-order valence-corrected chi connectivity index (χ2v) is 8.63. The zero-order valence-electron chi connectivity index (χ0n) is 13.3. The van der Waals surface area contributed by atoms with E-state index in [0.29, 0.717) is 12.8 Å². The molecule has 0 aromatic rings. The van der Waals surface area contributed by atoms with E-state index in [1.165, 1.54) is 19.3 Å². The normalized spacial score (nSPS) is 22.4. The molecule has 1 aliphatic rings. The number of aliphatic hydroxyl groups is 1. The summed E-state index contributed by atoms with van der Waals surface area (Å²) in [6, 6.07) is 0. The highest BCUT2D eigenvalue weighted by Gasteiger charge is 2.37. The van der Waals surface area contributed by atoms with E-state index in [0.717, 1.165) is 19.5 Å². The van der Waals surface area contributed by atoms with Crippen molar-refractivity contribution < 1.29 is 13.5 Å². The van der Waals surface area contributed by atoms with Crippen molar-refractivity contribution in [3.05, 3.63) is 0 Å². The molecule has 1 heterocycles. The maximum absolute atomic E-state index is 11.5. The van der Waals surface area contributed by atoms with E-state index in [2.05, 4.69) is 18.7 Å². The highest BCUT2D eigenvalue weighted by molar-refractivity contribution is 7.91. The molecule has 0 aliphatic carbocycles. The number of hydrogen-bond donors (Lipinski definition) is 1. The van der Waals surface area contributed by atoms with Gasteiger partial charge in [0.1, 0.15) is 9.84 Å². The molecule has 1 fully saturated rings. The number of hydrogen-bond acceptors (Lipinski definition) is 4. The molecule has 120 valence electrons. The molecule has 2 atom stereocenters. The fourth-order valence-corrected chi connectivity index (χ4v) is 3.92. The molecular weight excluding hydrogens is 274 g/mol. The molecule has 1 N–H and O–H groups in total. The van der Waals surface area contributed by atoms with Crippen LogP contribution >= 0.6 is 0 Å². The van der Waals surface area contributed by atoms with Gasteiger partial charge in [0, 0.05) is 11.3 Å². The number of nitrogens with zero attached hydrogens (tertiary/aromatic N) is 1. The second kappa shape index (κ2) is 7.76. The SMILES string of the molecule is CCC(C)(C(O)CCCS(=O)(=O)CC)N1CCCCC1. The number of aliphatic hydroxyl groups excluding tert-OH is 1. The summed E-state index contributed by atoms with van der Waals surface area (Å²) in [5.74, 6) is 0.390. The van der Waals surface area contributed by atoms with Crippen LogP contribution in [0.3, 0.4) is 0 Å². The first-order valence-corrected chi connectivity index (χ1v) is 9.81. The Bertz CT molecular complexity index is 377. The summed E-state index contributed by atoms with van der Waals surface area (Å²) in [6.45, 7) is 8.01. The quantitative estimate of drug-likeness (QED) is 0.747. The third-order valence-corrected chi connectivity index (χ3v) is 6.68. The summed E-state index contributed by atoms with van der Waals surface area (Å²) >= 11 is 0. The second-order valence-electron chi connectivity index (χ2n) is 6.15. The van der Waals surface area contributed by atoms with Gasteiger partial charge in [0.05, 0.1) is 11.9 Å². The summed E-state index contributed by atoms with van der Waals surface area (Å²) in [6.07, 6.45) is 5.26. The van der Waals surface area contributed by atoms with Crippen LogP contribution in [-0.4, -0.2) is 54.7 Å². The van der Waals surface area contributed by atoms with Gasteiger partial charge in [0.15, 0.2) is 0 Å². The lowest BCUT2D eigenvalue weighted by Gasteiger charge is -2.46. The number of rotatable bonds is 8. The lowest BCUT2D eigenvalue weighted by atomic mass is 9.85. The Hall–Kier alpha value is -0.130. The lowest BCUT2D eigenvalue weighted by Crippen LogP contribution is -2.56. The molecule has 0 spiro atoms. The molecule has 0 radical (unpaired) electrons. The van der Waals surface area contributed by atoms with Gasteiger partial charge in [-0.05, 0) is 52.1 Å². The van der Waals surface area contributed by atoms with Crippen molar-refractivity contribution in [2.75, 3.05) is 24.6 Å². The van der Waals surface area contributed by atoms with Crippen LogP contribution in [0.1, 0.15) is 59.3 Å². The largest absolute Gasteiger partial charge is 0.391 e. The van der Waals surface area contributed by atoms with Crippen molar-refractivity contribution >= 4 is 9.84 Å². The minimum atomic E-state index is -2.92. The molecule has 5 heteroatoms. The van der Waals surface area contributed by atoms with Crippen LogP contribution in [0.4, 0.5) is 0 Å². The van der Waals surface area contributed by atoms with E-state index in [-0.39, 0.29) is 17.0 Å². The van der Waals surface area contributed by atoms with Gasteiger partial charge in [-0.2, -0.15) is 0 Å². The summed E-state index contributed by atoms with van der Waals surface area (Å²) in [4.78, 5) is 2.40. The van der Waals surface area contributed by atoms with Crippen LogP contribution in [0.25, 0.3) is 0 Å². The average Bonchev–Trinajstić information content (AvgIpc) is 2.47. The highest BCUT2D eigenvalue weighted by atomic mass is 32.2. The molecule has 1 rings (SSSR count). The van der Waals surface area contributed by atoms with E-state index >= 15 is 0 Å². The molecule has 0 amide bonds. The van der Waals surface area contributed by atoms with E-state index in [9.17, 15) is 13.5 Å². The monoisotopic (exact) mass is 305 g/mol. The van der Waals surface area contributed by atoms with Crippen molar-refractivity contribution in [3.8, 4) is 0 Å². The van der Waals surface area contributed by atoms with Crippen LogP contribution < -0.4 is 0 Å². The Morgan fingerprint density at radius 1 is 1.20 bits per heavy atom. The molecule has 20 heavy (non-hydrogen) atoms.